The second-order valence-corrected chi connectivity index (χ2v) is 9.08. The Morgan fingerprint density at radius 2 is 1.94 bits per heavy atom. The summed E-state index contributed by atoms with van der Waals surface area (Å²) >= 11 is 3.57. The molecule has 0 spiro atoms. The van der Waals surface area contributed by atoms with Crippen molar-refractivity contribution in [1.82, 2.24) is 4.90 Å². The Bertz CT molecular complexity index is 310. The van der Waals surface area contributed by atoms with Crippen molar-refractivity contribution < 1.29 is 8.42 Å². The Hall–Kier alpha value is 0.390. The fraction of sp³-hybridized carbons (Fsp3) is 1.00. The van der Waals surface area contributed by atoms with Crippen molar-refractivity contribution in [3.05, 3.63) is 0 Å². The van der Waals surface area contributed by atoms with Crippen LogP contribution in [0, 0.1) is 5.92 Å². The molecule has 0 atom stereocenters. The van der Waals surface area contributed by atoms with Crippen molar-refractivity contribution in [2.45, 2.75) is 36.8 Å². The molecule has 0 aliphatic heterocycles. The molecular formula is C11H22BrNO2S. The number of nitrogens with zero attached hydrogens (tertiary/aromatic N) is 1. The lowest BCUT2D eigenvalue weighted by molar-refractivity contribution is 0.221. The molecule has 0 aromatic carbocycles. The van der Waals surface area contributed by atoms with Crippen LogP contribution in [0.2, 0.25) is 0 Å². The molecule has 0 heterocycles. The normalized spacial score (nSPS) is 26.1. The second-order valence-electron chi connectivity index (χ2n) is 5.11. The average molecular weight is 312 g/mol. The van der Waals surface area contributed by atoms with Crippen LogP contribution in [0.15, 0.2) is 0 Å². The van der Waals surface area contributed by atoms with Gasteiger partial charge >= 0.3 is 0 Å². The Kier molecular flexibility index (Phi) is 5.26. The zero-order valence-corrected chi connectivity index (χ0v) is 12.7. The van der Waals surface area contributed by atoms with E-state index in [1.165, 1.54) is 12.8 Å². The van der Waals surface area contributed by atoms with Gasteiger partial charge in [-0.1, -0.05) is 15.9 Å². The van der Waals surface area contributed by atoms with Gasteiger partial charge in [0.2, 0.25) is 0 Å². The van der Waals surface area contributed by atoms with E-state index >= 15 is 0 Å². The topological polar surface area (TPSA) is 37.4 Å². The van der Waals surface area contributed by atoms with Gasteiger partial charge in [-0.3, -0.25) is 0 Å². The standard InChI is InChI=1S/C11H22BrNO2S/c1-9(2)16(14,15)5-4-13(3)8-10-6-11(12)7-10/h9-11H,4-8H2,1-3H3. The number of sulfone groups is 1. The summed E-state index contributed by atoms with van der Waals surface area (Å²) in [6.07, 6.45) is 2.45. The Morgan fingerprint density at radius 1 is 1.38 bits per heavy atom. The molecule has 1 aliphatic rings. The van der Waals surface area contributed by atoms with Crippen LogP contribution in [0.5, 0.6) is 0 Å². The predicted octanol–water partition coefficient (Wildman–Crippen LogP) is 1.91. The van der Waals surface area contributed by atoms with Crippen molar-refractivity contribution >= 4 is 25.8 Å². The van der Waals surface area contributed by atoms with Gasteiger partial charge in [-0.05, 0) is 39.7 Å². The van der Waals surface area contributed by atoms with Gasteiger partial charge in [-0.25, -0.2) is 8.42 Å². The van der Waals surface area contributed by atoms with Gasteiger partial charge in [0.25, 0.3) is 0 Å². The van der Waals surface area contributed by atoms with Gasteiger partial charge < -0.3 is 4.90 Å². The van der Waals surface area contributed by atoms with E-state index in [1.807, 2.05) is 7.05 Å². The molecule has 0 bridgehead atoms. The third-order valence-electron chi connectivity index (χ3n) is 3.22. The summed E-state index contributed by atoms with van der Waals surface area (Å²) in [5.74, 6) is 1.03. The summed E-state index contributed by atoms with van der Waals surface area (Å²) in [5.41, 5.74) is 0. The quantitative estimate of drug-likeness (QED) is 0.703. The molecule has 1 fully saturated rings. The molecule has 1 rings (SSSR count). The minimum absolute atomic E-state index is 0.253. The Morgan fingerprint density at radius 3 is 2.38 bits per heavy atom. The highest BCUT2D eigenvalue weighted by Crippen LogP contribution is 2.33. The smallest absolute Gasteiger partial charge is 0.153 e. The van der Waals surface area contributed by atoms with Crippen molar-refractivity contribution in [3.63, 3.8) is 0 Å². The van der Waals surface area contributed by atoms with Crippen molar-refractivity contribution in [3.8, 4) is 0 Å². The van der Waals surface area contributed by atoms with Crippen molar-refractivity contribution in [2.24, 2.45) is 5.92 Å². The SMILES string of the molecule is CC(C)S(=O)(=O)CCN(C)CC1CC(Br)C1. The van der Waals surface area contributed by atoms with Crippen LogP contribution in [0.25, 0.3) is 0 Å². The molecule has 0 amide bonds. The third kappa shape index (κ3) is 4.34. The minimum Gasteiger partial charge on any atom is -0.305 e. The first-order chi connectivity index (χ1) is 7.31. The largest absolute Gasteiger partial charge is 0.305 e. The fourth-order valence-electron chi connectivity index (χ4n) is 1.85. The van der Waals surface area contributed by atoms with E-state index < -0.39 is 9.84 Å². The van der Waals surface area contributed by atoms with Crippen LogP contribution in [-0.2, 0) is 9.84 Å². The molecule has 0 saturated heterocycles. The lowest BCUT2D eigenvalue weighted by Gasteiger charge is -2.34. The van der Waals surface area contributed by atoms with Crippen LogP contribution < -0.4 is 0 Å². The molecular weight excluding hydrogens is 290 g/mol. The number of hydrogen-bond acceptors (Lipinski definition) is 3. The maximum atomic E-state index is 11.6. The van der Waals surface area contributed by atoms with E-state index in [2.05, 4.69) is 20.8 Å². The molecule has 5 heteroatoms. The van der Waals surface area contributed by atoms with Gasteiger partial charge in [0.1, 0.15) is 0 Å². The first-order valence-corrected chi connectivity index (χ1v) is 8.48. The van der Waals surface area contributed by atoms with E-state index in [-0.39, 0.29) is 11.0 Å². The summed E-state index contributed by atoms with van der Waals surface area (Å²) in [6.45, 7) is 5.17. The molecule has 1 aliphatic carbocycles. The molecule has 0 radical (unpaired) electrons. The van der Waals surface area contributed by atoms with Gasteiger partial charge in [0, 0.05) is 17.9 Å². The highest BCUT2D eigenvalue weighted by Gasteiger charge is 2.27. The lowest BCUT2D eigenvalue weighted by atomic mass is 9.85. The van der Waals surface area contributed by atoms with Crippen molar-refractivity contribution in [1.29, 1.82) is 0 Å². The van der Waals surface area contributed by atoms with E-state index in [4.69, 9.17) is 0 Å². The highest BCUT2D eigenvalue weighted by molar-refractivity contribution is 9.09. The third-order valence-corrected chi connectivity index (χ3v) is 6.16. The second kappa shape index (κ2) is 5.83. The maximum Gasteiger partial charge on any atom is 0.153 e. The summed E-state index contributed by atoms with van der Waals surface area (Å²) in [4.78, 5) is 2.83. The zero-order valence-electron chi connectivity index (χ0n) is 10.3. The van der Waals surface area contributed by atoms with Crippen LogP contribution in [0.1, 0.15) is 26.7 Å². The molecule has 0 aromatic heterocycles. The molecule has 16 heavy (non-hydrogen) atoms. The summed E-state index contributed by atoms with van der Waals surface area (Å²) in [6, 6.07) is 0. The van der Waals surface area contributed by atoms with Crippen LogP contribution in [-0.4, -0.2) is 49.3 Å². The van der Waals surface area contributed by atoms with E-state index in [1.54, 1.807) is 13.8 Å². The summed E-state index contributed by atoms with van der Waals surface area (Å²) in [5, 5.41) is -0.253. The van der Waals surface area contributed by atoms with Gasteiger partial charge in [0.05, 0.1) is 11.0 Å². The Balaban J connectivity index is 2.22. The summed E-state index contributed by atoms with van der Waals surface area (Å²) < 4.78 is 23.2. The monoisotopic (exact) mass is 311 g/mol. The van der Waals surface area contributed by atoms with Crippen LogP contribution in [0.4, 0.5) is 0 Å². The number of rotatable bonds is 6. The Labute approximate surface area is 108 Å². The highest BCUT2D eigenvalue weighted by atomic mass is 79.9. The maximum absolute atomic E-state index is 11.6. The molecule has 3 nitrogen and oxygen atoms in total. The van der Waals surface area contributed by atoms with Gasteiger partial charge in [-0.2, -0.15) is 0 Å². The first-order valence-electron chi connectivity index (χ1n) is 5.85. The summed E-state index contributed by atoms with van der Waals surface area (Å²) in [7, 11) is -0.868. The van der Waals surface area contributed by atoms with Crippen LogP contribution in [0.3, 0.4) is 0 Å². The van der Waals surface area contributed by atoms with Gasteiger partial charge in [0.15, 0.2) is 9.84 Å². The van der Waals surface area contributed by atoms with Gasteiger partial charge in [-0.15, -0.1) is 0 Å². The molecule has 96 valence electrons. The van der Waals surface area contributed by atoms with E-state index in [9.17, 15) is 8.42 Å². The minimum atomic E-state index is -2.88. The van der Waals surface area contributed by atoms with Crippen molar-refractivity contribution in [2.75, 3.05) is 25.9 Å². The fourth-order valence-corrected chi connectivity index (χ4v) is 3.95. The number of hydrogen-bond donors (Lipinski definition) is 0. The molecule has 0 unspecified atom stereocenters. The molecule has 0 N–H and O–H groups in total. The predicted molar refractivity (Wildman–Crippen MR) is 71.9 cm³/mol. The average Bonchev–Trinajstić information content (AvgIpc) is 2.12. The molecule has 0 aromatic rings. The number of alkyl halides is 1. The van der Waals surface area contributed by atoms with E-state index in [0.717, 1.165) is 12.5 Å². The zero-order chi connectivity index (χ0) is 12.3. The number of halogens is 1. The molecule has 1 saturated carbocycles. The lowest BCUT2D eigenvalue weighted by Crippen LogP contribution is -2.37. The first kappa shape index (κ1) is 14.5. The van der Waals surface area contributed by atoms with E-state index in [0.29, 0.717) is 11.4 Å². The van der Waals surface area contributed by atoms with Crippen LogP contribution >= 0.6 is 15.9 Å².